The highest BCUT2D eigenvalue weighted by Gasteiger charge is 2.25. The largest absolute Gasteiger partial charge is 0.495 e. The molecule has 3 aromatic rings. The monoisotopic (exact) mass is 438 g/mol. The third-order valence-corrected chi connectivity index (χ3v) is 6.90. The predicted molar refractivity (Wildman–Crippen MR) is 124 cm³/mol. The number of para-hydroxylation sites is 2. The molecule has 0 aliphatic carbocycles. The van der Waals surface area contributed by atoms with Crippen LogP contribution in [0.3, 0.4) is 0 Å². The molecule has 0 unspecified atom stereocenters. The minimum absolute atomic E-state index is 0.0268. The molecule has 1 amide bonds. The van der Waals surface area contributed by atoms with Crippen LogP contribution in [-0.2, 0) is 16.4 Å². The van der Waals surface area contributed by atoms with Crippen LogP contribution in [-0.4, -0.2) is 28.5 Å². The first-order chi connectivity index (χ1) is 14.8. The summed E-state index contributed by atoms with van der Waals surface area (Å²) < 4.78 is 33.0. The standard InChI is InChI=1S/C24H26N2O4S/c1-5-18-9-8-10-19(15-18)25-24(27)21-16-20(14-13-17(21)2)31(28,29)26(3)22-11-6-7-12-23(22)30-4/h6-16H,5H2,1-4H3,(H,25,27). The Bertz CT molecular complexity index is 1210. The fourth-order valence-corrected chi connectivity index (χ4v) is 4.48. The van der Waals surface area contributed by atoms with Crippen molar-refractivity contribution in [1.82, 2.24) is 0 Å². The van der Waals surface area contributed by atoms with Gasteiger partial charge in [0.15, 0.2) is 0 Å². The molecule has 1 N–H and O–H groups in total. The number of carbonyl (C=O) groups is 1. The Morgan fingerprint density at radius 3 is 2.48 bits per heavy atom. The first-order valence-electron chi connectivity index (χ1n) is 9.90. The van der Waals surface area contributed by atoms with Crippen LogP contribution < -0.4 is 14.4 Å². The quantitative estimate of drug-likeness (QED) is 0.583. The number of hydrogen-bond acceptors (Lipinski definition) is 4. The molecular weight excluding hydrogens is 412 g/mol. The van der Waals surface area contributed by atoms with Crippen LogP contribution in [0.1, 0.15) is 28.4 Å². The van der Waals surface area contributed by atoms with E-state index in [1.165, 1.54) is 26.3 Å². The Morgan fingerprint density at radius 1 is 1.03 bits per heavy atom. The average Bonchev–Trinajstić information content (AvgIpc) is 2.78. The van der Waals surface area contributed by atoms with Crippen LogP contribution in [0.4, 0.5) is 11.4 Å². The maximum absolute atomic E-state index is 13.3. The van der Waals surface area contributed by atoms with E-state index < -0.39 is 10.0 Å². The van der Waals surface area contributed by atoms with Gasteiger partial charge in [0.05, 0.1) is 17.7 Å². The van der Waals surface area contributed by atoms with Crippen molar-refractivity contribution in [3.8, 4) is 5.75 Å². The minimum Gasteiger partial charge on any atom is -0.495 e. The van der Waals surface area contributed by atoms with Crippen molar-refractivity contribution in [1.29, 1.82) is 0 Å². The zero-order chi connectivity index (χ0) is 22.6. The van der Waals surface area contributed by atoms with Gasteiger partial charge in [-0.15, -0.1) is 0 Å². The number of benzene rings is 3. The highest BCUT2D eigenvalue weighted by molar-refractivity contribution is 7.92. The van der Waals surface area contributed by atoms with Crippen molar-refractivity contribution >= 4 is 27.3 Å². The number of ether oxygens (including phenoxy) is 1. The van der Waals surface area contributed by atoms with Gasteiger partial charge in [0.2, 0.25) is 0 Å². The predicted octanol–water partition coefficient (Wildman–Crippen LogP) is 4.64. The molecule has 0 spiro atoms. The third-order valence-electron chi connectivity index (χ3n) is 5.13. The second-order valence-electron chi connectivity index (χ2n) is 7.13. The molecule has 0 aromatic heterocycles. The SMILES string of the molecule is CCc1cccc(NC(=O)c2cc(S(=O)(=O)N(C)c3ccccc3OC)ccc2C)c1. The highest BCUT2D eigenvalue weighted by Crippen LogP contribution is 2.31. The van der Waals surface area contributed by atoms with Crippen molar-refractivity contribution in [2.24, 2.45) is 0 Å². The van der Waals surface area contributed by atoms with Gasteiger partial charge in [0.25, 0.3) is 15.9 Å². The second kappa shape index (κ2) is 9.22. The maximum Gasteiger partial charge on any atom is 0.264 e. The lowest BCUT2D eigenvalue weighted by Gasteiger charge is -2.22. The number of aryl methyl sites for hydroxylation is 2. The summed E-state index contributed by atoms with van der Waals surface area (Å²) in [6.45, 7) is 3.81. The Balaban J connectivity index is 1.94. The molecule has 0 aliphatic heterocycles. The summed E-state index contributed by atoms with van der Waals surface area (Å²) in [5.41, 5.74) is 3.17. The minimum atomic E-state index is -3.91. The summed E-state index contributed by atoms with van der Waals surface area (Å²) in [5.74, 6) is 0.0807. The summed E-state index contributed by atoms with van der Waals surface area (Å²) in [6.07, 6.45) is 0.853. The van der Waals surface area contributed by atoms with Crippen LogP contribution in [0.5, 0.6) is 5.75 Å². The van der Waals surface area contributed by atoms with E-state index in [1.807, 2.05) is 31.2 Å². The van der Waals surface area contributed by atoms with Crippen LogP contribution in [0.2, 0.25) is 0 Å². The molecule has 0 aliphatic rings. The average molecular weight is 439 g/mol. The van der Waals surface area contributed by atoms with Crippen LogP contribution >= 0.6 is 0 Å². The first kappa shape index (κ1) is 22.4. The van der Waals surface area contributed by atoms with E-state index in [0.717, 1.165) is 16.3 Å². The van der Waals surface area contributed by atoms with E-state index in [1.54, 1.807) is 37.3 Å². The van der Waals surface area contributed by atoms with E-state index in [9.17, 15) is 13.2 Å². The summed E-state index contributed by atoms with van der Waals surface area (Å²) in [7, 11) is -0.959. The molecule has 0 saturated heterocycles. The van der Waals surface area contributed by atoms with Gasteiger partial charge < -0.3 is 10.1 Å². The summed E-state index contributed by atoms with van der Waals surface area (Å²) in [5, 5.41) is 2.86. The smallest absolute Gasteiger partial charge is 0.264 e. The molecule has 31 heavy (non-hydrogen) atoms. The number of nitrogens with zero attached hydrogens (tertiary/aromatic N) is 1. The summed E-state index contributed by atoms with van der Waals surface area (Å²) >= 11 is 0. The molecule has 0 saturated carbocycles. The van der Waals surface area contributed by atoms with Gasteiger partial charge in [-0.05, 0) is 60.9 Å². The Labute approximate surface area is 183 Å². The Hall–Kier alpha value is -3.32. The van der Waals surface area contributed by atoms with Crippen molar-refractivity contribution in [3.05, 3.63) is 83.4 Å². The molecule has 3 aromatic carbocycles. The van der Waals surface area contributed by atoms with E-state index in [0.29, 0.717) is 28.3 Å². The van der Waals surface area contributed by atoms with Gasteiger partial charge in [-0.2, -0.15) is 0 Å². The van der Waals surface area contributed by atoms with Gasteiger partial charge in [0.1, 0.15) is 5.75 Å². The molecule has 0 atom stereocenters. The molecule has 6 nitrogen and oxygen atoms in total. The fraction of sp³-hybridized carbons (Fsp3) is 0.208. The lowest BCUT2D eigenvalue weighted by atomic mass is 10.1. The van der Waals surface area contributed by atoms with Crippen molar-refractivity contribution in [2.45, 2.75) is 25.2 Å². The third kappa shape index (κ3) is 4.72. The van der Waals surface area contributed by atoms with Crippen LogP contribution in [0.25, 0.3) is 0 Å². The summed E-state index contributed by atoms with van der Waals surface area (Å²) in [4.78, 5) is 12.9. The van der Waals surface area contributed by atoms with Gasteiger partial charge in [0, 0.05) is 18.3 Å². The molecule has 0 heterocycles. The van der Waals surface area contributed by atoms with Crippen LogP contribution in [0.15, 0.2) is 71.6 Å². The lowest BCUT2D eigenvalue weighted by molar-refractivity contribution is 0.102. The molecule has 162 valence electrons. The second-order valence-corrected chi connectivity index (χ2v) is 9.10. The molecular formula is C24H26N2O4S. The summed E-state index contributed by atoms with van der Waals surface area (Å²) in [6, 6.07) is 19.0. The number of hydrogen-bond donors (Lipinski definition) is 1. The maximum atomic E-state index is 13.3. The van der Waals surface area contributed by atoms with Crippen LogP contribution in [0, 0.1) is 6.92 Å². The van der Waals surface area contributed by atoms with E-state index in [4.69, 9.17) is 4.74 Å². The van der Waals surface area contributed by atoms with Gasteiger partial charge in [-0.1, -0.05) is 37.3 Å². The highest BCUT2D eigenvalue weighted by atomic mass is 32.2. The topological polar surface area (TPSA) is 75.7 Å². The molecule has 3 rings (SSSR count). The molecule has 0 radical (unpaired) electrons. The number of nitrogens with one attached hydrogen (secondary N) is 1. The van der Waals surface area contributed by atoms with E-state index in [2.05, 4.69) is 5.32 Å². The van der Waals surface area contributed by atoms with Crippen molar-refractivity contribution in [3.63, 3.8) is 0 Å². The zero-order valence-corrected chi connectivity index (χ0v) is 18.9. The van der Waals surface area contributed by atoms with Gasteiger partial charge >= 0.3 is 0 Å². The molecule has 0 fully saturated rings. The first-order valence-corrected chi connectivity index (χ1v) is 11.3. The zero-order valence-electron chi connectivity index (χ0n) is 18.0. The number of sulfonamides is 1. The lowest BCUT2D eigenvalue weighted by Crippen LogP contribution is -2.27. The number of methoxy groups -OCH3 is 1. The Kier molecular flexibility index (Phi) is 6.65. The number of amides is 1. The number of anilines is 2. The molecule has 0 bridgehead atoms. The fourth-order valence-electron chi connectivity index (χ4n) is 3.25. The number of carbonyl (C=O) groups excluding carboxylic acids is 1. The van der Waals surface area contributed by atoms with Gasteiger partial charge in [-0.3, -0.25) is 9.10 Å². The van der Waals surface area contributed by atoms with E-state index >= 15 is 0 Å². The normalized spacial score (nSPS) is 11.1. The van der Waals surface area contributed by atoms with E-state index in [-0.39, 0.29) is 10.8 Å². The van der Waals surface area contributed by atoms with Crippen molar-refractivity contribution < 1.29 is 17.9 Å². The van der Waals surface area contributed by atoms with Crippen molar-refractivity contribution in [2.75, 3.05) is 23.8 Å². The van der Waals surface area contributed by atoms with Gasteiger partial charge in [-0.25, -0.2) is 8.42 Å². The Morgan fingerprint density at radius 2 is 1.77 bits per heavy atom. The number of rotatable bonds is 7. The molecule has 7 heteroatoms.